The summed E-state index contributed by atoms with van der Waals surface area (Å²) in [4.78, 5) is 9.60. The molecule has 2 aromatic heterocycles. The number of anilines is 6. The van der Waals surface area contributed by atoms with Gasteiger partial charge in [-0.1, -0.05) is 146 Å². The van der Waals surface area contributed by atoms with Gasteiger partial charge in [0, 0.05) is 62.3 Å². The quantitative estimate of drug-likeness (QED) is 0.129. The number of para-hydroxylation sites is 4. The van der Waals surface area contributed by atoms with Gasteiger partial charge in [-0.05, 0) is 161 Å². The van der Waals surface area contributed by atoms with Gasteiger partial charge >= 0.3 is 0 Å². The molecule has 4 nitrogen and oxygen atoms in total. The van der Waals surface area contributed by atoms with E-state index in [4.69, 9.17) is 4.98 Å². The molecule has 0 aliphatic carbocycles. The summed E-state index contributed by atoms with van der Waals surface area (Å²) in [6.45, 7) is 0. The Morgan fingerprint density at radius 3 is 1.04 bits per heavy atom. The molecule has 0 atom stereocenters. The highest BCUT2D eigenvalue weighted by molar-refractivity contribution is 6.12. The molecule has 0 N–H and O–H groups in total. The van der Waals surface area contributed by atoms with Gasteiger partial charge in [-0.2, -0.15) is 0 Å². The molecule has 0 saturated carbocycles. The molecule has 0 amide bonds. The molecule has 0 radical (unpaired) electrons. The lowest BCUT2D eigenvalue weighted by Crippen LogP contribution is -2.09. The average Bonchev–Trinajstić information content (AvgIpc) is 3.75. The van der Waals surface area contributed by atoms with E-state index in [-0.39, 0.29) is 0 Å². The lowest BCUT2D eigenvalue weighted by Gasteiger charge is -2.26. The molecule has 0 bridgehead atoms. The number of hydrogen-bond acceptors (Lipinski definition) is 3. The van der Waals surface area contributed by atoms with E-state index >= 15 is 0 Å². The van der Waals surface area contributed by atoms with Crippen LogP contribution in [0.5, 0.6) is 0 Å². The predicted molar refractivity (Wildman–Crippen MR) is 290 cm³/mol. The SMILES string of the molecule is c1ccc(-c2cc(-c3ccccc3)cc(-c3ccnc(-c4ccc(-n5c6ccc(N(c7ccccc7)c7ccccc7)cc6c6cc(N(c7ccccc7)c7ccccc7)ccc65)cc4)c3)c2)cc1. The zero-order chi connectivity index (χ0) is 45.9. The number of benzene rings is 10. The van der Waals surface area contributed by atoms with E-state index in [1.54, 1.807) is 0 Å². The van der Waals surface area contributed by atoms with Gasteiger partial charge in [0.05, 0.1) is 16.7 Å². The van der Waals surface area contributed by atoms with Crippen LogP contribution in [0, 0.1) is 0 Å². The number of pyridine rings is 1. The summed E-state index contributed by atoms with van der Waals surface area (Å²) < 4.78 is 2.40. The molecule has 0 aliphatic heterocycles. The van der Waals surface area contributed by atoms with Gasteiger partial charge in [0.25, 0.3) is 0 Å². The first-order valence-electron chi connectivity index (χ1n) is 23.4. The molecule has 10 aromatic carbocycles. The van der Waals surface area contributed by atoms with Crippen LogP contribution < -0.4 is 9.80 Å². The summed E-state index contributed by atoms with van der Waals surface area (Å²) in [5, 5.41) is 2.32. The van der Waals surface area contributed by atoms with Crippen LogP contribution in [0.3, 0.4) is 0 Å². The summed E-state index contributed by atoms with van der Waals surface area (Å²) in [5.74, 6) is 0. The molecule has 0 saturated heterocycles. The van der Waals surface area contributed by atoms with Crippen LogP contribution in [0.15, 0.2) is 279 Å². The molecule has 0 aliphatic rings. The van der Waals surface area contributed by atoms with Crippen LogP contribution >= 0.6 is 0 Å². The Morgan fingerprint density at radius 2 is 0.638 bits per heavy atom. The molecule has 2 heterocycles. The Bertz CT molecular complexity index is 3410. The summed E-state index contributed by atoms with van der Waals surface area (Å²) in [6.07, 6.45) is 1.93. The topological polar surface area (TPSA) is 24.3 Å². The lowest BCUT2D eigenvalue weighted by molar-refractivity contribution is 1.18. The maximum Gasteiger partial charge on any atom is 0.0708 e. The fourth-order valence-electron chi connectivity index (χ4n) is 9.70. The number of aromatic nitrogens is 2. The fraction of sp³-hybridized carbons (Fsp3) is 0. The van der Waals surface area contributed by atoms with E-state index < -0.39 is 0 Å². The monoisotopic (exact) mass is 882 g/mol. The largest absolute Gasteiger partial charge is 0.310 e. The molecule has 0 unspecified atom stereocenters. The van der Waals surface area contributed by atoms with Crippen molar-refractivity contribution in [2.75, 3.05) is 9.80 Å². The Kier molecular flexibility index (Phi) is 10.9. The summed E-state index contributed by atoms with van der Waals surface area (Å²) >= 11 is 0. The normalized spacial score (nSPS) is 11.2. The van der Waals surface area contributed by atoms with Crippen LogP contribution in [0.25, 0.3) is 72.1 Å². The van der Waals surface area contributed by atoms with Gasteiger partial charge in [0.2, 0.25) is 0 Å². The molecule has 69 heavy (non-hydrogen) atoms. The van der Waals surface area contributed by atoms with Crippen molar-refractivity contribution in [2.24, 2.45) is 0 Å². The summed E-state index contributed by atoms with van der Waals surface area (Å²) in [6, 6.07) is 97.6. The van der Waals surface area contributed by atoms with Crippen molar-refractivity contribution in [1.82, 2.24) is 9.55 Å². The minimum absolute atomic E-state index is 0.922. The maximum absolute atomic E-state index is 4.92. The smallest absolute Gasteiger partial charge is 0.0708 e. The first-order valence-corrected chi connectivity index (χ1v) is 23.4. The highest BCUT2D eigenvalue weighted by atomic mass is 15.1. The van der Waals surface area contributed by atoms with Crippen molar-refractivity contribution in [3.05, 3.63) is 279 Å². The third kappa shape index (κ3) is 8.11. The van der Waals surface area contributed by atoms with Gasteiger partial charge in [-0.15, -0.1) is 0 Å². The first kappa shape index (κ1) is 41.2. The van der Waals surface area contributed by atoms with Crippen molar-refractivity contribution < 1.29 is 0 Å². The maximum atomic E-state index is 4.92. The highest BCUT2D eigenvalue weighted by Gasteiger charge is 2.20. The molecule has 12 rings (SSSR count). The van der Waals surface area contributed by atoms with E-state index in [0.29, 0.717) is 0 Å². The Balaban J connectivity index is 0.981. The number of fused-ring (bicyclic) bond motifs is 3. The molecule has 12 aromatic rings. The van der Waals surface area contributed by atoms with Gasteiger partial charge in [-0.3, -0.25) is 4.98 Å². The Labute approximate surface area is 402 Å². The van der Waals surface area contributed by atoms with Gasteiger partial charge in [0.1, 0.15) is 0 Å². The Morgan fingerprint density at radius 1 is 0.261 bits per heavy atom. The van der Waals surface area contributed by atoms with E-state index in [1.165, 1.54) is 22.3 Å². The van der Waals surface area contributed by atoms with Crippen LogP contribution in [-0.4, -0.2) is 9.55 Å². The molecular formula is C65H46N4. The van der Waals surface area contributed by atoms with E-state index in [0.717, 1.165) is 84.0 Å². The first-order chi connectivity index (χ1) is 34.2. The van der Waals surface area contributed by atoms with E-state index in [9.17, 15) is 0 Å². The standard InChI is InChI=1S/C65H46N4/c1-7-19-47(20-8-1)51-41-52(48-21-9-2-10-22-48)43-53(42-51)50-39-40-66-63(44-50)49-31-33-58(34-32-49)69-64-37-35-59(67(54-23-11-3-12-24-54)55-25-13-4-14-26-55)45-61(64)62-46-60(36-38-65(62)69)68(56-27-15-5-16-28-56)57-29-17-6-18-30-57/h1-46H. The highest BCUT2D eigenvalue weighted by Crippen LogP contribution is 2.43. The van der Waals surface area contributed by atoms with Crippen LogP contribution in [0.4, 0.5) is 34.1 Å². The average molecular weight is 883 g/mol. The van der Waals surface area contributed by atoms with Gasteiger partial charge < -0.3 is 14.4 Å². The molecule has 0 fully saturated rings. The number of nitrogens with zero attached hydrogens (tertiary/aromatic N) is 4. The van der Waals surface area contributed by atoms with Crippen LogP contribution in [0.2, 0.25) is 0 Å². The van der Waals surface area contributed by atoms with Crippen molar-refractivity contribution >= 4 is 55.9 Å². The predicted octanol–water partition coefficient (Wildman–Crippen LogP) is 17.8. The molecule has 4 heteroatoms. The zero-order valence-electron chi connectivity index (χ0n) is 37.8. The van der Waals surface area contributed by atoms with Crippen molar-refractivity contribution in [1.29, 1.82) is 0 Å². The molecular weight excluding hydrogens is 837 g/mol. The summed E-state index contributed by atoms with van der Waals surface area (Å²) in [5.41, 5.74) is 18.9. The van der Waals surface area contributed by atoms with Crippen LogP contribution in [0.1, 0.15) is 0 Å². The number of rotatable bonds is 11. The second kappa shape index (κ2) is 18.2. The number of hydrogen-bond donors (Lipinski definition) is 0. The molecule has 326 valence electrons. The van der Waals surface area contributed by atoms with E-state index in [2.05, 4.69) is 287 Å². The summed E-state index contributed by atoms with van der Waals surface area (Å²) in [7, 11) is 0. The lowest BCUT2D eigenvalue weighted by atomic mass is 9.93. The Hall–Kier alpha value is -9.25. The third-order valence-corrected chi connectivity index (χ3v) is 13.0. The van der Waals surface area contributed by atoms with Crippen molar-refractivity contribution in [3.8, 4) is 50.3 Å². The van der Waals surface area contributed by atoms with Gasteiger partial charge in [-0.25, -0.2) is 0 Å². The minimum Gasteiger partial charge on any atom is -0.310 e. The minimum atomic E-state index is 0.922. The van der Waals surface area contributed by atoms with Crippen molar-refractivity contribution in [2.45, 2.75) is 0 Å². The van der Waals surface area contributed by atoms with Crippen molar-refractivity contribution in [3.63, 3.8) is 0 Å². The second-order valence-corrected chi connectivity index (χ2v) is 17.3. The third-order valence-electron chi connectivity index (χ3n) is 13.0. The van der Waals surface area contributed by atoms with Gasteiger partial charge in [0.15, 0.2) is 0 Å². The second-order valence-electron chi connectivity index (χ2n) is 17.3. The van der Waals surface area contributed by atoms with Crippen LogP contribution in [-0.2, 0) is 0 Å². The zero-order valence-corrected chi connectivity index (χ0v) is 37.8. The molecule has 0 spiro atoms. The van der Waals surface area contributed by atoms with E-state index in [1.807, 2.05) is 6.20 Å². The fourth-order valence-corrected chi connectivity index (χ4v) is 9.70.